The Morgan fingerprint density at radius 3 is 2.57 bits per heavy atom. The summed E-state index contributed by atoms with van der Waals surface area (Å²) in [4.78, 5) is 2.51. The second kappa shape index (κ2) is 8.97. The van der Waals surface area contributed by atoms with Gasteiger partial charge in [0.15, 0.2) is 5.82 Å². The highest BCUT2D eigenvalue weighted by Crippen LogP contribution is 2.25. The average Bonchev–Trinajstić information content (AvgIpc) is 3.23. The van der Waals surface area contributed by atoms with Crippen LogP contribution in [-0.4, -0.2) is 38.2 Å². The van der Waals surface area contributed by atoms with Crippen LogP contribution >= 0.6 is 0 Å². The lowest BCUT2D eigenvalue weighted by molar-refractivity contribution is 0.185. The summed E-state index contributed by atoms with van der Waals surface area (Å²) in [6.45, 7) is 1.53. The molecule has 1 fully saturated rings. The van der Waals surface area contributed by atoms with Crippen molar-refractivity contribution in [3.05, 3.63) is 66.0 Å². The van der Waals surface area contributed by atoms with Crippen molar-refractivity contribution in [3.63, 3.8) is 0 Å². The van der Waals surface area contributed by atoms with Gasteiger partial charge in [-0.3, -0.25) is 4.90 Å². The number of benzene rings is 2. The zero-order chi connectivity index (χ0) is 19.2. The van der Waals surface area contributed by atoms with E-state index in [1.54, 1.807) is 4.68 Å². The van der Waals surface area contributed by atoms with Gasteiger partial charge in [-0.2, -0.15) is 4.68 Å². The Hall–Kier alpha value is -2.73. The predicted octanol–water partition coefficient (Wildman–Crippen LogP) is 4.04. The SMILES string of the molecule is CN(Cc1ccccc1NCc1nnnn1-c1ccccc1)C1CCCCC1. The molecular weight excluding hydrogens is 348 g/mol. The van der Waals surface area contributed by atoms with E-state index in [9.17, 15) is 0 Å². The van der Waals surface area contributed by atoms with E-state index in [-0.39, 0.29) is 0 Å². The van der Waals surface area contributed by atoms with Gasteiger partial charge >= 0.3 is 0 Å². The number of hydrogen-bond acceptors (Lipinski definition) is 5. The van der Waals surface area contributed by atoms with Gasteiger partial charge in [0.25, 0.3) is 0 Å². The fourth-order valence-corrected chi connectivity index (χ4v) is 4.01. The molecule has 6 heteroatoms. The van der Waals surface area contributed by atoms with Crippen molar-refractivity contribution in [2.24, 2.45) is 0 Å². The van der Waals surface area contributed by atoms with Gasteiger partial charge in [-0.25, -0.2) is 0 Å². The Kier molecular flexibility index (Phi) is 5.97. The highest BCUT2D eigenvalue weighted by molar-refractivity contribution is 5.51. The zero-order valence-corrected chi connectivity index (χ0v) is 16.5. The van der Waals surface area contributed by atoms with E-state index >= 15 is 0 Å². The van der Waals surface area contributed by atoms with E-state index in [0.717, 1.165) is 23.7 Å². The van der Waals surface area contributed by atoms with Crippen LogP contribution in [0.25, 0.3) is 5.69 Å². The van der Waals surface area contributed by atoms with Gasteiger partial charge in [0.1, 0.15) is 0 Å². The number of anilines is 1. The lowest BCUT2D eigenvalue weighted by Crippen LogP contribution is -2.33. The van der Waals surface area contributed by atoms with Crippen LogP contribution in [0, 0.1) is 0 Å². The lowest BCUT2D eigenvalue weighted by Gasteiger charge is -2.31. The molecule has 0 spiro atoms. The Morgan fingerprint density at radius 2 is 1.75 bits per heavy atom. The second-order valence-corrected chi connectivity index (χ2v) is 7.56. The molecule has 1 N–H and O–H groups in total. The summed E-state index contributed by atoms with van der Waals surface area (Å²) in [6, 6.07) is 19.2. The maximum Gasteiger partial charge on any atom is 0.175 e. The monoisotopic (exact) mass is 376 g/mol. The molecule has 0 aliphatic heterocycles. The van der Waals surface area contributed by atoms with Gasteiger partial charge in [0.05, 0.1) is 12.2 Å². The number of tetrazole rings is 1. The van der Waals surface area contributed by atoms with Crippen LogP contribution in [0.5, 0.6) is 0 Å². The molecule has 146 valence electrons. The van der Waals surface area contributed by atoms with Gasteiger partial charge in [0.2, 0.25) is 0 Å². The fourth-order valence-electron chi connectivity index (χ4n) is 4.01. The Bertz CT molecular complexity index is 869. The number of aromatic nitrogens is 4. The minimum absolute atomic E-state index is 0.575. The third-order valence-electron chi connectivity index (χ3n) is 5.61. The van der Waals surface area contributed by atoms with E-state index in [4.69, 9.17) is 0 Å². The van der Waals surface area contributed by atoms with Crippen molar-refractivity contribution in [2.45, 2.75) is 51.2 Å². The highest BCUT2D eigenvalue weighted by atomic mass is 15.5. The van der Waals surface area contributed by atoms with Crippen molar-refractivity contribution in [1.82, 2.24) is 25.1 Å². The molecule has 6 nitrogen and oxygen atoms in total. The third kappa shape index (κ3) is 4.39. The number of nitrogens with one attached hydrogen (secondary N) is 1. The fraction of sp³-hybridized carbons (Fsp3) is 0.409. The third-order valence-corrected chi connectivity index (χ3v) is 5.61. The molecule has 0 amide bonds. The zero-order valence-electron chi connectivity index (χ0n) is 16.5. The van der Waals surface area contributed by atoms with Crippen molar-refractivity contribution in [2.75, 3.05) is 12.4 Å². The van der Waals surface area contributed by atoms with Crippen LogP contribution in [0.3, 0.4) is 0 Å². The van der Waals surface area contributed by atoms with Crippen LogP contribution in [0.4, 0.5) is 5.69 Å². The first-order chi connectivity index (χ1) is 13.8. The summed E-state index contributed by atoms with van der Waals surface area (Å²) in [5.74, 6) is 0.793. The van der Waals surface area contributed by atoms with E-state index in [1.165, 1.54) is 37.7 Å². The van der Waals surface area contributed by atoms with Crippen molar-refractivity contribution in [1.29, 1.82) is 0 Å². The van der Waals surface area contributed by atoms with Gasteiger partial charge in [0, 0.05) is 18.3 Å². The van der Waals surface area contributed by atoms with Gasteiger partial charge in [-0.1, -0.05) is 55.7 Å². The van der Waals surface area contributed by atoms with Crippen molar-refractivity contribution in [3.8, 4) is 5.69 Å². The largest absolute Gasteiger partial charge is 0.377 e. The average molecular weight is 377 g/mol. The predicted molar refractivity (Wildman–Crippen MR) is 111 cm³/mol. The van der Waals surface area contributed by atoms with E-state index in [0.29, 0.717) is 12.6 Å². The van der Waals surface area contributed by atoms with Crippen molar-refractivity contribution < 1.29 is 0 Å². The first-order valence-corrected chi connectivity index (χ1v) is 10.2. The summed E-state index contributed by atoms with van der Waals surface area (Å²) in [5.41, 5.74) is 3.43. The number of nitrogens with zero attached hydrogens (tertiary/aromatic N) is 5. The highest BCUT2D eigenvalue weighted by Gasteiger charge is 2.19. The summed E-state index contributed by atoms with van der Waals surface area (Å²) in [7, 11) is 2.25. The molecule has 4 rings (SSSR count). The molecule has 1 aromatic heterocycles. The molecule has 28 heavy (non-hydrogen) atoms. The molecule has 1 heterocycles. The lowest BCUT2D eigenvalue weighted by atomic mass is 9.94. The van der Waals surface area contributed by atoms with Crippen LogP contribution in [-0.2, 0) is 13.1 Å². The van der Waals surface area contributed by atoms with Gasteiger partial charge in [-0.15, -0.1) is 5.10 Å². The molecule has 1 aliphatic carbocycles. The molecule has 0 bridgehead atoms. The summed E-state index contributed by atoms with van der Waals surface area (Å²) in [6.07, 6.45) is 6.74. The smallest absolute Gasteiger partial charge is 0.175 e. The van der Waals surface area contributed by atoms with Crippen LogP contribution < -0.4 is 5.32 Å². The number of rotatable bonds is 7. The second-order valence-electron chi connectivity index (χ2n) is 7.56. The van der Waals surface area contributed by atoms with Crippen LogP contribution in [0.15, 0.2) is 54.6 Å². The van der Waals surface area contributed by atoms with Gasteiger partial charge < -0.3 is 5.32 Å². The summed E-state index contributed by atoms with van der Waals surface area (Å²) < 4.78 is 1.78. The number of hydrogen-bond donors (Lipinski definition) is 1. The summed E-state index contributed by atoms with van der Waals surface area (Å²) in [5, 5.41) is 15.7. The van der Waals surface area contributed by atoms with Crippen molar-refractivity contribution >= 4 is 5.69 Å². The molecule has 1 aliphatic rings. The quantitative estimate of drug-likeness (QED) is 0.674. The maximum absolute atomic E-state index is 4.20. The van der Waals surface area contributed by atoms with Crippen LogP contribution in [0.2, 0.25) is 0 Å². The molecule has 0 radical (unpaired) electrons. The molecule has 1 saturated carbocycles. The topological polar surface area (TPSA) is 58.9 Å². The minimum Gasteiger partial charge on any atom is -0.377 e. The Morgan fingerprint density at radius 1 is 1.00 bits per heavy atom. The Labute approximate surface area is 166 Å². The van der Waals surface area contributed by atoms with E-state index in [1.807, 2.05) is 30.3 Å². The molecule has 2 aromatic carbocycles. The molecule has 0 atom stereocenters. The standard InChI is InChI=1S/C22H28N6/c1-27(19-11-4-2-5-12-19)17-18-10-8-9-15-21(18)23-16-22-24-25-26-28(22)20-13-6-3-7-14-20/h3,6-10,13-15,19,23H,2,4-5,11-12,16-17H2,1H3. The molecule has 0 unspecified atom stereocenters. The van der Waals surface area contributed by atoms with Gasteiger partial charge in [-0.05, 0) is 54.1 Å². The first kappa shape index (κ1) is 18.6. The molecule has 0 saturated heterocycles. The van der Waals surface area contributed by atoms with E-state index < -0.39 is 0 Å². The maximum atomic E-state index is 4.20. The van der Waals surface area contributed by atoms with E-state index in [2.05, 4.69) is 57.1 Å². The Balaban J connectivity index is 1.44. The minimum atomic E-state index is 0.575. The first-order valence-electron chi connectivity index (χ1n) is 10.2. The van der Waals surface area contributed by atoms with Crippen LogP contribution in [0.1, 0.15) is 43.5 Å². The summed E-state index contributed by atoms with van der Waals surface area (Å²) >= 11 is 0. The normalized spacial score (nSPS) is 15.1. The molecular formula is C22H28N6. The number of para-hydroxylation sites is 2. The molecule has 3 aromatic rings.